The molecule has 2 aromatic rings. The van der Waals surface area contributed by atoms with E-state index in [1.807, 2.05) is 0 Å². The Labute approximate surface area is 130 Å². The van der Waals surface area contributed by atoms with Crippen molar-refractivity contribution < 1.29 is 0 Å². The topological polar surface area (TPSA) is 26.0 Å². The molecular formula is C18H22BrN. The fraction of sp³-hybridized carbons (Fsp3) is 0.333. The van der Waals surface area contributed by atoms with Gasteiger partial charge in [-0.2, -0.15) is 0 Å². The minimum absolute atomic E-state index is 0.0479. The summed E-state index contributed by atoms with van der Waals surface area (Å²) in [5.74, 6) is 0.576. The van der Waals surface area contributed by atoms with Crippen molar-refractivity contribution in [3.63, 3.8) is 0 Å². The van der Waals surface area contributed by atoms with E-state index in [0.29, 0.717) is 5.92 Å². The van der Waals surface area contributed by atoms with Gasteiger partial charge in [0, 0.05) is 10.5 Å². The summed E-state index contributed by atoms with van der Waals surface area (Å²) < 4.78 is 1.13. The third-order valence-electron chi connectivity index (χ3n) is 3.71. The molecule has 2 aromatic carbocycles. The van der Waals surface area contributed by atoms with E-state index in [0.717, 1.165) is 10.9 Å². The standard InChI is InChI=1S/C18H22BrN/c1-12(2)15-6-4-14(5-7-15)11-18(20)16-8-9-17(19)13(3)10-16/h4-10,12,18H,11,20H2,1-3H3. The first-order chi connectivity index (χ1) is 9.47. The van der Waals surface area contributed by atoms with Crippen molar-refractivity contribution >= 4 is 15.9 Å². The summed E-state index contributed by atoms with van der Waals surface area (Å²) in [6, 6.07) is 15.2. The molecule has 0 aliphatic heterocycles. The summed E-state index contributed by atoms with van der Waals surface area (Å²) in [4.78, 5) is 0. The van der Waals surface area contributed by atoms with Crippen LogP contribution in [0.5, 0.6) is 0 Å². The molecule has 0 aliphatic carbocycles. The summed E-state index contributed by atoms with van der Waals surface area (Å²) in [5, 5.41) is 0. The number of aryl methyl sites for hydroxylation is 1. The summed E-state index contributed by atoms with van der Waals surface area (Å²) in [6.07, 6.45) is 0.874. The van der Waals surface area contributed by atoms with Crippen LogP contribution in [0.2, 0.25) is 0 Å². The zero-order valence-corrected chi connectivity index (χ0v) is 13.9. The highest BCUT2D eigenvalue weighted by molar-refractivity contribution is 9.10. The third kappa shape index (κ3) is 3.71. The molecule has 0 aromatic heterocycles. The highest BCUT2D eigenvalue weighted by atomic mass is 79.9. The third-order valence-corrected chi connectivity index (χ3v) is 4.60. The van der Waals surface area contributed by atoms with Gasteiger partial charge in [0.05, 0.1) is 0 Å². The molecule has 0 aliphatic rings. The SMILES string of the molecule is Cc1cc(C(N)Cc2ccc(C(C)C)cc2)ccc1Br. The minimum atomic E-state index is 0.0479. The summed E-state index contributed by atoms with van der Waals surface area (Å²) in [5.41, 5.74) is 11.4. The van der Waals surface area contributed by atoms with Gasteiger partial charge in [-0.3, -0.25) is 0 Å². The number of nitrogens with two attached hydrogens (primary N) is 1. The fourth-order valence-electron chi connectivity index (χ4n) is 2.31. The summed E-state index contributed by atoms with van der Waals surface area (Å²) in [7, 11) is 0. The molecule has 106 valence electrons. The van der Waals surface area contributed by atoms with E-state index < -0.39 is 0 Å². The quantitative estimate of drug-likeness (QED) is 0.826. The molecule has 2 N–H and O–H groups in total. The van der Waals surface area contributed by atoms with Gasteiger partial charge in [0.2, 0.25) is 0 Å². The average Bonchev–Trinajstić information content (AvgIpc) is 2.42. The average molecular weight is 332 g/mol. The van der Waals surface area contributed by atoms with E-state index in [9.17, 15) is 0 Å². The van der Waals surface area contributed by atoms with Gasteiger partial charge >= 0.3 is 0 Å². The first-order valence-corrected chi connectivity index (χ1v) is 7.87. The number of rotatable bonds is 4. The molecule has 0 amide bonds. The van der Waals surface area contributed by atoms with Crippen molar-refractivity contribution in [3.8, 4) is 0 Å². The molecule has 0 saturated carbocycles. The van der Waals surface area contributed by atoms with Crippen molar-refractivity contribution in [1.82, 2.24) is 0 Å². The van der Waals surface area contributed by atoms with E-state index in [-0.39, 0.29) is 6.04 Å². The Bertz CT molecular complexity index is 572. The molecular weight excluding hydrogens is 310 g/mol. The van der Waals surface area contributed by atoms with E-state index >= 15 is 0 Å². The van der Waals surface area contributed by atoms with Crippen LogP contribution in [0.3, 0.4) is 0 Å². The molecule has 2 heteroatoms. The van der Waals surface area contributed by atoms with E-state index in [2.05, 4.69) is 79.2 Å². The molecule has 0 saturated heterocycles. The zero-order valence-electron chi connectivity index (χ0n) is 12.4. The Morgan fingerprint density at radius 2 is 1.60 bits per heavy atom. The van der Waals surface area contributed by atoms with E-state index in [4.69, 9.17) is 5.73 Å². The van der Waals surface area contributed by atoms with Crippen LogP contribution in [0.4, 0.5) is 0 Å². The maximum absolute atomic E-state index is 6.33. The molecule has 1 atom stereocenters. The first kappa shape index (κ1) is 15.3. The highest BCUT2D eigenvalue weighted by Gasteiger charge is 2.09. The van der Waals surface area contributed by atoms with Crippen molar-refractivity contribution in [3.05, 3.63) is 69.2 Å². The van der Waals surface area contributed by atoms with Gasteiger partial charge in [0.1, 0.15) is 0 Å². The Morgan fingerprint density at radius 1 is 1.00 bits per heavy atom. The van der Waals surface area contributed by atoms with Gasteiger partial charge < -0.3 is 5.73 Å². The maximum atomic E-state index is 6.33. The van der Waals surface area contributed by atoms with Crippen molar-refractivity contribution in [2.24, 2.45) is 5.73 Å². The van der Waals surface area contributed by atoms with Gasteiger partial charge in [-0.25, -0.2) is 0 Å². The highest BCUT2D eigenvalue weighted by Crippen LogP contribution is 2.23. The van der Waals surface area contributed by atoms with Crippen LogP contribution in [0.15, 0.2) is 46.9 Å². The predicted octanol–water partition coefficient (Wildman–Crippen LogP) is 5.12. The van der Waals surface area contributed by atoms with Crippen LogP contribution in [0.1, 0.15) is 48.1 Å². The van der Waals surface area contributed by atoms with Crippen LogP contribution >= 0.6 is 15.9 Å². The lowest BCUT2D eigenvalue weighted by molar-refractivity contribution is 0.720. The summed E-state index contributed by atoms with van der Waals surface area (Å²) >= 11 is 3.53. The molecule has 2 rings (SSSR count). The van der Waals surface area contributed by atoms with Crippen LogP contribution in [0, 0.1) is 6.92 Å². The normalized spacial score (nSPS) is 12.7. The number of benzene rings is 2. The van der Waals surface area contributed by atoms with Crippen molar-refractivity contribution in [2.45, 2.75) is 39.2 Å². The van der Waals surface area contributed by atoms with Gasteiger partial charge in [-0.05, 0) is 47.6 Å². The minimum Gasteiger partial charge on any atom is -0.324 e. The van der Waals surface area contributed by atoms with E-state index in [1.54, 1.807) is 0 Å². The maximum Gasteiger partial charge on any atom is 0.0335 e. The molecule has 20 heavy (non-hydrogen) atoms. The van der Waals surface area contributed by atoms with Crippen LogP contribution in [0.25, 0.3) is 0 Å². The number of hydrogen-bond donors (Lipinski definition) is 1. The number of halogens is 1. The molecule has 0 spiro atoms. The Hall–Kier alpha value is -1.12. The largest absolute Gasteiger partial charge is 0.324 e. The Morgan fingerprint density at radius 3 is 2.15 bits per heavy atom. The zero-order chi connectivity index (χ0) is 14.7. The lowest BCUT2D eigenvalue weighted by Crippen LogP contribution is -2.13. The Balaban J connectivity index is 2.10. The second kappa shape index (κ2) is 6.55. The van der Waals surface area contributed by atoms with Crippen LogP contribution in [-0.4, -0.2) is 0 Å². The first-order valence-electron chi connectivity index (χ1n) is 7.08. The lowest BCUT2D eigenvalue weighted by atomic mass is 9.96. The molecule has 1 nitrogen and oxygen atoms in total. The smallest absolute Gasteiger partial charge is 0.0335 e. The molecule has 1 unspecified atom stereocenters. The molecule has 0 radical (unpaired) electrons. The molecule has 0 fully saturated rings. The van der Waals surface area contributed by atoms with Crippen molar-refractivity contribution in [2.75, 3.05) is 0 Å². The monoisotopic (exact) mass is 331 g/mol. The second-order valence-electron chi connectivity index (χ2n) is 5.72. The van der Waals surface area contributed by atoms with Gasteiger partial charge in [0.15, 0.2) is 0 Å². The molecule has 0 bridgehead atoms. The predicted molar refractivity (Wildman–Crippen MR) is 90.0 cm³/mol. The fourth-order valence-corrected chi connectivity index (χ4v) is 2.56. The second-order valence-corrected chi connectivity index (χ2v) is 6.57. The summed E-state index contributed by atoms with van der Waals surface area (Å²) in [6.45, 7) is 6.52. The lowest BCUT2D eigenvalue weighted by Gasteiger charge is -2.14. The van der Waals surface area contributed by atoms with E-state index in [1.165, 1.54) is 22.3 Å². The van der Waals surface area contributed by atoms with Gasteiger partial charge in [-0.1, -0.05) is 66.2 Å². The van der Waals surface area contributed by atoms with Gasteiger partial charge in [0.25, 0.3) is 0 Å². The van der Waals surface area contributed by atoms with Crippen LogP contribution < -0.4 is 5.73 Å². The van der Waals surface area contributed by atoms with Crippen molar-refractivity contribution in [1.29, 1.82) is 0 Å². The Kier molecular flexibility index (Phi) is 5.00. The van der Waals surface area contributed by atoms with Gasteiger partial charge in [-0.15, -0.1) is 0 Å². The van der Waals surface area contributed by atoms with Crippen LogP contribution in [-0.2, 0) is 6.42 Å². The molecule has 0 heterocycles. The number of hydrogen-bond acceptors (Lipinski definition) is 1.